The molecule has 0 amide bonds. The van der Waals surface area contributed by atoms with Gasteiger partial charge in [-0.2, -0.15) is 8.42 Å². The zero-order chi connectivity index (χ0) is 9.12. The summed E-state index contributed by atoms with van der Waals surface area (Å²) < 4.78 is 33.8. The number of hydrogen-bond acceptors (Lipinski definition) is 4. The third-order valence-electron chi connectivity index (χ3n) is 0.986. The van der Waals surface area contributed by atoms with E-state index in [9.17, 15) is 8.42 Å². The van der Waals surface area contributed by atoms with Crippen LogP contribution in [0.1, 0.15) is 6.92 Å². The van der Waals surface area contributed by atoms with Crippen LogP contribution >= 0.6 is 0 Å². The highest BCUT2D eigenvalue weighted by atomic mass is 32.2. The normalized spacial score (nSPS) is 17.8. The van der Waals surface area contributed by atoms with Crippen molar-refractivity contribution in [3.63, 3.8) is 0 Å². The van der Waals surface area contributed by atoms with Crippen molar-refractivity contribution < 1.29 is 17.7 Å². The van der Waals surface area contributed by atoms with E-state index in [0.29, 0.717) is 0 Å². The minimum absolute atomic E-state index is 0.0901. The first-order valence-electron chi connectivity index (χ1n) is 3.00. The van der Waals surface area contributed by atoms with Gasteiger partial charge in [0, 0.05) is 7.11 Å². The third kappa shape index (κ3) is 6.24. The molecule has 0 heterocycles. The minimum Gasteiger partial charge on any atom is -0.383 e. The molecule has 0 aromatic carbocycles. The van der Waals surface area contributed by atoms with E-state index in [1.807, 2.05) is 0 Å². The van der Waals surface area contributed by atoms with Crippen molar-refractivity contribution in [2.24, 2.45) is 5.73 Å². The molecule has 0 spiro atoms. The molecule has 0 aliphatic rings. The fourth-order valence-electron chi connectivity index (χ4n) is 0.788. The fraction of sp³-hybridized carbons (Fsp3) is 1.00. The number of rotatable bonds is 4. The first-order chi connectivity index (χ1) is 4.77. The van der Waals surface area contributed by atoms with Crippen LogP contribution in [-0.4, -0.2) is 38.0 Å². The topological polar surface area (TPSA) is 89.6 Å². The zero-order valence-electron chi connectivity index (χ0n) is 6.57. The van der Waals surface area contributed by atoms with Crippen LogP contribution in [0.15, 0.2) is 0 Å². The van der Waals surface area contributed by atoms with Crippen LogP contribution in [0.5, 0.6) is 0 Å². The van der Waals surface area contributed by atoms with Crippen molar-refractivity contribution in [3.8, 4) is 0 Å². The molecule has 5 nitrogen and oxygen atoms in total. The quantitative estimate of drug-likeness (QED) is 0.559. The van der Waals surface area contributed by atoms with Crippen molar-refractivity contribution in [2.45, 2.75) is 12.5 Å². The van der Waals surface area contributed by atoms with Gasteiger partial charge in [-0.05, 0) is 6.92 Å². The molecule has 68 valence electrons. The monoisotopic (exact) mass is 183 g/mol. The lowest BCUT2D eigenvalue weighted by Crippen LogP contribution is -2.47. The van der Waals surface area contributed by atoms with Gasteiger partial charge in [-0.3, -0.25) is 4.55 Å². The summed E-state index contributed by atoms with van der Waals surface area (Å²) in [5.74, 6) is -0.492. The second-order valence-corrected chi connectivity index (χ2v) is 4.27. The molecule has 0 aliphatic carbocycles. The number of methoxy groups -OCH3 is 1. The zero-order valence-corrected chi connectivity index (χ0v) is 7.39. The van der Waals surface area contributed by atoms with E-state index in [4.69, 9.17) is 10.3 Å². The van der Waals surface area contributed by atoms with Crippen LogP contribution in [-0.2, 0) is 14.9 Å². The Morgan fingerprint density at radius 2 is 2.09 bits per heavy atom. The summed E-state index contributed by atoms with van der Waals surface area (Å²) in [4.78, 5) is 0. The van der Waals surface area contributed by atoms with Gasteiger partial charge in [-0.15, -0.1) is 0 Å². The maximum atomic E-state index is 10.3. The summed E-state index contributed by atoms with van der Waals surface area (Å²) in [7, 11) is -2.60. The van der Waals surface area contributed by atoms with Crippen LogP contribution in [0.25, 0.3) is 0 Å². The molecule has 0 rings (SSSR count). The highest BCUT2D eigenvalue weighted by Crippen LogP contribution is 2.02. The lowest BCUT2D eigenvalue weighted by Gasteiger charge is -2.21. The summed E-state index contributed by atoms with van der Waals surface area (Å²) in [5.41, 5.74) is 4.42. The van der Waals surface area contributed by atoms with Crippen LogP contribution in [0.2, 0.25) is 0 Å². The molecule has 0 saturated carbocycles. The van der Waals surface area contributed by atoms with E-state index in [2.05, 4.69) is 4.74 Å². The SMILES string of the molecule is COCC(C)(N)CS(=O)(=O)O. The third-order valence-corrected chi connectivity index (χ3v) is 2.01. The molecule has 0 aromatic rings. The molecule has 11 heavy (non-hydrogen) atoms. The molecule has 0 fully saturated rings. The molecule has 1 unspecified atom stereocenters. The Morgan fingerprint density at radius 1 is 1.64 bits per heavy atom. The minimum atomic E-state index is -4.01. The second kappa shape index (κ2) is 3.48. The Morgan fingerprint density at radius 3 is 2.36 bits per heavy atom. The number of ether oxygens (including phenoxy) is 1. The second-order valence-electron chi connectivity index (χ2n) is 2.81. The van der Waals surface area contributed by atoms with Gasteiger partial charge in [0.1, 0.15) is 0 Å². The van der Waals surface area contributed by atoms with Gasteiger partial charge in [-0.25, -0.2) is 0 Å². The van der Waals surface area contributed by atoms with Crippen molar-refractivity contribution in [3.05, 3.63) is 0 Å². The van der Waals surface area contributed by atoms with Gasteiger partial charge >= 0.3 is 0 Å². The van der Waals surface area contributed by atoms with Gasteiger partial charge in [0.15, 0.2) is 0 Å². The van der Waals surface area contributed by atoms with Gasteiger partial charge in [0.25, 0.3) is 10.1 Å². The Labute approximate surface area is 66.3 Å². The van der Waals surface area contributed by atoms with Crippen molar-refractivity contribution in [1.82, 2.24) is 0 Å². The predicted octanol–water partition coefficient (Wildman–Crippen LogP) is -0.762. The number of hydrogen-bond donors (Lipinski definition) is 2. The van der Waals surface area contributed by atoms with Crippen molar-refractivity contribution in [2.75, 3.05) is 19.5 Å². The highest BCUT2D eigenvalue weighted by molar-refractivity contribution is 7.85. The van der Waals surface area contributed by atoms with E-state index in [-0.39, 0.29) is 6.61 Å². The first-order valence-corrected chi connectivity index (χ1v) is 4.61. The molecular weight excluding hydrogens is 170 g/mol. The van der Waals surface area contributed by atoms with Crippen LogP contribution in [0.3, 0.4) is 0 Å². The molecule has 1 atom stereocenters. The Balaban J connectivity index is 4.13. The van der Waals surface area contributed by atoms with Gasteiger partial charge in [0.05, 0.1) is 17.9 Å². The van der Waals surface area contributed by atoms with E-state index >= 15 is 0 Å². The molecular formula is C5H13NO4S. The summed E-state index contributed by atoms with van der Waals surface area (Å²) in [6.07, 6.45) is 0. The predicted molar refractivity (Wildman–Crippen MR) is 40.9 cm³/mol. The number of nitrogens with two attached hydrogens (primary N) is 1. The first kappa shape index (κ1) is 10.8. The van der Waals surface area contributed by atoms with Crippen molar-refractivity contribution in [1.29, 1.82) is 0 Å². The Hall–Kier alpha value is -0.170. The van der Waals surface area contributed by atoms with E-state index < -0.39 is 21.4 Å². The fourth-order valence-corrected chi connectivity index (χ4v) is 1.70. The lowest BCUT2D eigenvalue weighted by atomic mass is 10.1. The van der Waals surface area contributed by atoms with Gasteiger partial charge in [0.2, 0.25) is 0 Å². The largest absolute Gasteiger partial charge is 0.383 e. The maximum absolute atomic E-state index is 10.3. The summed E-state index contributed by atoms with van der Waals surface area (Å²) in [6, 6.07) is 0. The van der Waals surface area contributed by atoms with Crippen LogP contribution in [0.4, 0.5) is 0 Å². The van der Waals surface area contributed by atoms with Crippen molar-refractivity contribution >= 4 is 10.1 Å². The summed E-state index contributed by atoms with van der Waals surface area (Å²) in [5, 5.41) is 0. The average molecular weight is 183 g/mol. The molecule has 6 heteroatoms. The van der Waals surface area contributed by atoms with E-state index in [0.717, 1.165) is 0 Å². The van der Waals surface area contributed by atoms with E-state index in [1.165, 1.54) is 14.0 Å². The Bertz CT molecular complexity index is 209. The molecule has 0 radical (unpaired) electrons. The molecule has 0 bridgehead atoms. The molecule has 0 aliphatic heterocycles. The smallest absolute Gasteiger partial charge is 0.266 e. The highest BCUT2D eigenvalue weighted by Gasteiger charge is 2.25. The standard InChI is InChI=1S/C5H13NO4S/c1-5(6,3-10-2)4-11(7,8)9/h3-4,6H2,1-2H3,(H,7,8,9). The van der Waals surface area contributed by atoms with Crippen LogP contribution in [0, 0.1) is 0 Å². The maximum Gasteiger partial charge on any atom is 0.266 e. The summed E-state index contributed by atoms with van der Waals surface area (Å²) in [6.45, 7) is 1.58. The average Bonchev–Trinajstić information content (AvgIpc) is 1.55. The van der Waals surface area contributed by atoms with E-state index in [1.54, 1.807) is 0 Å². The Kier molecular flexibility index (Phi) is 3.43. The van der Waals surface area contributed by atoms with Crippen LogP contribution < -0.4 is 5.73 Å². The lowest BCUT2D eigenvalue weighted by molar-refractivity contribution is 0.150. The molecule has 3 N–H and O–H groups in total. The van der Waals surface area contributed by atoms with Gasteiger partial charge in [-0.1, -0.05) is 0 Å². The van der Waals surface area contributed by atoms with Gasteiger partial charge < -0.3 is 10.5 Å². The summed E-state index contributed by atoms with van der Waals surface area (Å²) >= 11 is 0. The molecule has 0 aromatic heterocycles. The molecule has 0 saturated heterocycles.